The van der Waals surface area contributed by atoms with E-state index in [-0.39, 0.29) is 17.9 Å². The first kappa shape index (κ1) is 18.4. The third-order valence-electron chi connectivity index (χ3n) is 4.93. The van der Waals surface area contributed by atoms with Gasteiger partial charge >= 0.3 is 0 Å². The summed E-state index contributed by atoms with van der Waals surface area (Å²) in [4.78, 5) is 31.5. The van der Waals surface area contributed by atoms with E-state index < -0.39 is 5.91 Å². The molecule has 0 aliphatic heterocycles. The van der Waals surface area contributed by atoms with Crippen LogP contribution in [0.1, 0.15) is 29.3 Å². The predicted molar refractivity (Wildman–Crippen MR) is 109 cm³/mol. The molecule has 1 aliphatic carbocycles. The number of nitrogens with one attached hydrogen (secondary N) is 1. The van der Waals surface area contributed by atoms with Crippen LogP contribution in [-0.4, -0.2) is 26.8 Å². The van der Waals surface area contributed by atoms with Crippen molar-refractivity contribution < 1.29 is 9.90 Å². The lowest BCUT2D eigenvalue weighted by Gasteiger charge is -2.17. The predicted octanol–water partition coefficient (Wildman–Crippen LogP) is 2.44. The van der Waals surface area contributed by atoms with Crippen LogP contribution in [0.25, 0.3) is 10.2 Å². The normalized spacial score (nSPS) is 16.4. The fourth-order valence-corrected chi connectivity index (χ4v) is 4.78. The van der Waals surface area contributed by atoms with Gasteiger partial charge in [0.05, 0.1) is 17.9 Å². The molecule has 2 aromatic heterocycles. The number of phenolic OH excluding ortho intramolecular Hbond substituents is 1. The minimum absolute atomic E-state index is 0.0721. The number of thiophene rings is 1. The van der Waals surface area contributed by atoms with E-state index in [1.807, 2.05) is 0 Å². The number of benzene rings is 1. The van der Waals surface area contributed by atoms with Gasteiger partial charge in [-0.25, -0.2) is 10.4 Å². The molecule has 0 bridgehead atoms. The summed E-state index contributed by atoms with van der Waals surface area (Å²) in [6.07, 6.45) is 5.71. The van der Waals surface area contributed by atoms with Crippen LogP contribution in [-0.2, 0) is 24.2 Å². The van der Waals surface area contributed by atoms with Crippen LogP contribution < -0.4 is 11.0 Å². The van der Waals surface area contributed by atoms with E-state index in [1.54, 1.807) is 29.5 Å². The number of amides is 1. The van der Waals surface area contributed by atoms with Gasteiger partial charge < -0.3 is 5.11 Å². The quantitative estimate of drug-likeness (QED) is 0.523. The molecule has 3 aromatic rings. The molecule has 1 atom stereocenters. The van der Waals surface area contributed by atoms with E-state index in [2.05, 4.69) is 22.4 Å². The molecule has 7 nitrogen and oxygen atoms in total. The standard InChI is InChI=1S/C20H20N4O3S/c1-12-6-7-14-16(8-12)28-19-18(14)20(27)24(11-21-19)10-17(26)23-22-9-13-4-2-3-5-15(13)25/h2-5,9,11-12,25H,6-8,10H2,1H3,(H,23,26)/b22-9+/t12-/m0/s1. The lowest BCUT2D eigenvalue weighted by Crippen LogP contribution is -2.30. The number of para-hydroxylation sites is 1. The van der Waals surface area contributed by atoms with Crippen molar-refractivity contribution >= 4 is 33.7 Å². The van der Waals surface area contributed by atoms with Crippen LogP contribution in [0.15, 0.2) is 40.5 Å². The highest BCUT2D eigenvalue weighted by Crippen LogP contribution is 2.35. The summed E-state index contributed by atoms with van der Waals surface area (Å²) >= 11 is 1.59. The number of aryl methyl sites for hydroxylation is 1. The molecule has 0 spiro atoms. The van der Waals surface area contributed by atoms with E-state index in [0.29, 0.717) is 16.9 Å². The van der Waals surface area contributed by atoms with E-state index in [0.717, 1.165) is 29.7 Å². The number of nitrogens with zero attached hydrogens (tertiary/aromatic N) is 3. The molecule has 4 rings (SSSR count). The Hall–Kier alpha value is -3.00. The number of rotatable bonds is 4. The van der Waals surface area contributed by atoms with Crippen molar-refractivity contribution in [3.05, 3.63) is 57.0 Å². The molecule has 1 amide bonds. The molecule has 0 unspecified atom stereocenters. The van der Waals surface area contributed by atoms with E-state index in [9.17, 15) is 14.7 Å². The Morgan fingerprint density at radius 2 is 2.29 bits per heavy atom. The van der Waals surface area contributed by atoms with Crippen molar-refractivity contribution in [3.8, 4) is 5.75 Å². The number of aromatic nitrogens is 2. The van der Waals surface area contributed by atoms with Crippen LogP contribution in [0, 0.1) is 5.92 Å². The molecule has 0 radical (unpaired) electrons. The first-order chi connectivity index (χ1) is 13.5. The maximum absolute atomic E-state index is 12.9. The Balaban J connectivity index is 1.52. The number of fused-ring (bicyclic) bond motifs is 3. The maximum Gasteiger partial charge on any atom is 0.262 e. The second-order valence-corrected chi connectivity index (χ2v) is 8.15. The Morgan fingerprint density at radius 3 is 3.11 bits per heavy atom. The monoisotopic (exact) mass is 396 g/mol. The summed E-state index contributed by atoms with van der Waals surface area (Å²) in [5, 5.41) is 14.2. The summed E-state index contributed by atoms with van der Waals surface area (Å²) < 4.78 is 1.32. The summed E-state index contributed by atoms with van der Waals surface area (Å²) in [6.45, 7) is 2.06. The summed E-state index contributed by atoms with van der Waals surface area (Å²) in [5.74, 6) is 0.256. The molecule has 0 fully saturated rings. The van der Waals surface area contributed by atoms with Gasteiger partial charge in [-0.3, -0.25) is 14.2 Å². The number of phenols is 1. The summed E-state index contributed by atoms with van der Waals surface area (Å²) in [7, 11) is 0. The van der Waals surface area contributed by atoms with Crippen molar-refractivity contribution in [2.45, 2.75) is 32.7 Å². The zero-order valence-electron chi connectivity index (χ0n) is 15.4. The van der Waals surface area contributed by atoms with Crippen molar-refractivity contribution in [2.24, 2.45) is 11.0 Å². The van der Waals surface area contributed by atoms with Gasteiger partial charge in [0.1, 0.15) is 17.1 Å². The lowest BCUT2D eigenvalue weighted by molar-refractivity contribution is -0.121. The first-order valence-electron chi connectivity index (χ1n) is 9.12. The fourth-order valence-electron chi connectivity index (χ4n) is 3.44. The fraction of sp³-hybridized carbons (Fsp3) is 0.300. The minimum atomic E-state index is -0.437. The maximum atomic E-state index is 12.9. The Morgan fingerprint density at radius 1 is 1.46 bits per heavy atom. The second kappa shape index (κ2) is 7.55. The van der Waals surface area contributed by atoms with Gasteiger partial charge in [0.15, 0.2) is 0 Å². The summed E-state index contributed by atoms with van der Waals surface area (Å²) in [5.41, 5.74) is 3.78. The van der Waals surface area contributed by atoms with E-state index in [1.165, 1.54) is 28.1 Å². The molecule has 0 saturated carbocycles. The van der Waals surface area contributed by atoms with Crippen molar-refractivity contribution in [3.63, 3.8) is 0 Å². The number of aromatic hydroxyl groups is 1. The SMILES string of the molecule is C[C@H]1CCc2c(sc3ncn(CC(=O)N/N=C/c4ccccc4O)c(=O)c23)C1. The largest absolute Gasteiger partial charge is 0.507 e. The van der Waals surface area contributed by atoms with Gasteiger partial charge in [0, 0.05) is 10.4 Å². The third-order valence-corrected chi connectivity index (χ3v) is 6.09. The van der Waals surface area contributed by atoms with E-state index >= 15 is 0 Å². The molecule has 1 aromatic carbocycles. The average Bonchev–Trinajstić information content (AvgIpc) is 3.04. The molecule has 2 heterocycles. The minimum Gasteiger partial charge on any atom is -0.507 e. The Labute approximate surface area is 165 Å². The molecule has 2 N–H and O–H groups in total. The van der Waals surface area contributed by atoms with Crippen LogP contribution in [0.2, 0.25) is 0 Å². The smallest absolute Gasteiger partial charge is 0.262 e. The molecular weight excluding hydrogens is 376 g/mol. The van der Waals surface area contributed by atoms with Crippen LogP contribution >= 0.6 is 11.3 Å². The molecule has 1 aliphatic rings. The van der Waals surface area contributed by atoms with Crippen molar-refractivity contribution in [1.82, 2.24) is 15.0 Å². The van der Waals surface area contributed by atoms with Crippen molar-refractivity contribution in [1.29, 1.82) is 0 Å². The Bertz CT molecular complexity index is 1130. The Kier molecular flexibility index (Phi) is 4.95. The number of hydrazone groups is 1. The number of carbonyl (C=O) groups excluding carboxylic acids is 1. The molecule has 0 saturated heterocycles. The topological polar surface area (TPSA) is 96.6 Å². The van der Waals surface area contributed by atoms with Gasteiger partial charge in [0.2, 0.25) is 0 Å². The molecule has 28 heavy (non-hydrogen) atoms. The first-order valence-corrected chi connectivity index (χ1v) is 9.94. The number of hydrogen-bond acceptors (Lipinski definition) is 6. The number of carbonyl (C=O) groups is 1. The third kappa shape index (κ3) is 3.55. The van der Waals surface area contributed by atoms with Crippen LogP contribution in [0.5, 0.6) is 5.75 Å². The highest BCUT2D eigenvalue weighted by molar-refractivity contribution is 7.18. The zero-order chi connectivity index (χ0) is 19.7. The molecular formula is C20H20N4O3S. The van der Waals surface area contributed by atoms with Gasteiger partial charge in [-0.2, -0.15) is 5.10 Å². The van der Waals surface area contributed by atoms with Gasteiger partial charge in [-0.15, -0.1) is 11.3 Å². The summed E-state index contributed by atoms with van der Waals surface area (Å²) in [6, 6.07) is 6.66. The van der Waals surface area contributed by atoms with Crippen LogP contribution in [0.3, 0.4) is 0 Å². The highest BCUT2D eigenvalue weighted by Gasteiger charge is 2.23. The molecule has 144 valence electrons. The van der Waals surface area contributed by atoms with Crippen molar-refractivity contribution in [2.75, 3.05) is 0 Å². The lowest BCUT2D eigenvalue weighted by atomic mass is 9.89. The number of hydrogen-bond donors (Lipinski definition) is 2. The van der Waals surface area contributed by atoms with Gasteiger partial charge in [-0.1, -0.05) is 19.1 Å². The molecule has 8 heteroatoms. The van der Waals surface area contributed by atoms with Crippen LogP contribution in [0.4, 0.5) is 0 Å². The van der Waals surface area contributed by atoms with Gasteiger partial charge in [-0.05, 0) is 42.9 Å². The highest BCUT2D eigenvalue weighted by atomic mass is 32.1. The average molecular weight is 396 g/mol. The zero-order valence-corrected chi connectivity index (χ0v) is 16.2. The second-order valence-electron chi connectivity index (χ2n) is 7.06. The van der Waals surface area contributed by atoms with E-state index in [4.69, 9.17) is 0 Å². The van der Waals surface area contributed by atoms with Gasteiger partial charge in [0.25, 0.3) is 11.5 Å².